The number of hydrogen-bond acceptors (Lipinski definition) is 5. The van der Waals surface area contributed by atoms with Crippen LogP contribution in [0.2, 0.25) is 0 Å². The van der Waals surface area contributed by atoms with E-state index in [4.69, 9.17) is 4.74 Å². The Bertz CT molecular complexity index is 243. The highest BCUT2D eigenvalue weighted by Gasteiger charge is 2.19. The molecule has 5 nitrogen and oxygen atoms in total. The van der Waals surface area contributed by atoms with E-state index >= 15 is 0 Å². The van der Waals surface area contributed by atoms with E-state index in [9.17, 15) is 4.79 Å². The number of carbonyl (C=O) groups excluding carboxylic acids is 1. The lowest BCUT2D eigenvalue weighted by atomic mass is 10.1. The maximum atomic E-state index is 11.2. The van der Waals surface area contributed by atoms with Crippen LogP contribution in [0.15, 0.2) is 10.3 Å². The topological polar surface area (TPSA) is 54.3 Å². The molecule has 0 bridgehead atoms. The number of rotatable bonds is 8. The minimum absolute atomic E-state index is 0.167. The Morgan fingerprint density at radius 1 is 1.50 bits per heavy atom. The fourth-order valence-electron chi connectivity index (χ4n) is 1.51. The predicted molar refractivity (Wildman–Crippen MR) is 61.0 cm³/mol. The van der Waals surface area contributed by atoms with Crippen LogP contribution in [0.25, 0.3) is 0 Å². The van der Waals surface area contributed by atoms with Gasteiger partial charge in [-0.05, 0) is 12.8 Å². The van der Waals surface area contributed by atoms with E-state index in [-0.39, 0.29) is 6.04 Å². The van der Waals surface area contributed by atoms with E-state index in [1.807, 2.05) is 11.9 Å². The first-order valence-electron chi connectivity index (χ1n) is 6.01. The third-order valence-corrected chi connectivity index (χ3v) is 2.50. The van der Waals surface area contributed by atoms with Gasteiger partial charge in [0, 0.05) is 19.4 Å². The Morgan fingerprint density at radius 3 is 3.00 bits per heavy atom. The molecule has 0 spiro atoms. The average molecular weight is 227 g/mol. The average Bonchev–Trinajstić information content (AvgIpc) is 2.74. The van der Waals surface area contributed by atoms with E-state index in [0.29, 0.717) is 25.4 Å². The highest BCUT2D eigenvalue weighted by atomic mass is 16.5. The molecule has 0 fully saturated rings. The summed E-state index contributed by atoms with van der Waals surface area (Å²) in [5.74, 6) is 0.302. The summed E-state index contributed by atoms with van der Waals surface area (Å²) in [6, 6.07) is 0.167. The lowest BCUT2D eigenvalue weighted by Gasteiger charge is -2.13. The first-order valence-corrected chi connectivity index (χ1v) is 6.01. The largest absolute Gasteiger partial charge is 0.360 e. The zero-order valence-corrected chi connectivity index (χ0v) is 10.2. The summed E-state index contributed by atoms with van der Waals surface area (Å²) in [6.45, 7) is 6.01. The van der Waals surface area contributed by atoms with Crippen LogP contribution in [-0.4, -0.2) is 36.7 Å². The van der Waals surface area contributed by atoms with Gasteiger partial charge in [0.1, 0.15) is 12.5 Å². The second kappa shape index (κ2) is 7.33. The van der Waals surface area contributed by atoms with Gasteiger partial charge in [-0.25, -0.2) is 0 Å². The Hall–Kier alpha value is -0.970. The predicted octanol–water partition coefficient (Wildman–Crippen LogP) is 2.18. The van der Waals surface area contributed by atoms with Crippen LogP contribution in [0.4, 0.5) is 0 Å². The van der Waals surface area contributed by atoms with E-state index in [0.717, 1.165) is 26.0 Å². The minimum atomic E-state index is 0.167. The van der Waals surface area contributed by atoms with Crippen LogP contribution in [-0.2, 0) is 9.53 Å². The smallest absolute Gasteiger partial charge is 0.136 e. The minimum Gasteiger partial charge on any atom is -0.360 e. The van der Waals surface area contributed by atoms with Gasteiger partial charge in [0.2, 0.25) is 0 Å². The molecule has 16 heavy (non-hydrogen) atoms. The second-order valence-electron chi connectivity index (χ2n) is 4.02. The number of Topliss-reactive ketones (excluding diaryl/α,β-unsaturated/α-hetero) is 1. The number of hydrogen-bond donors (Lipinski definition) is 0. The highest BCUT2D eigenvalue weighted by Crippen LogP contribution is 2.14. The van der Waals surface area contributed by atoms with Gasteiger partial charge < -0.3 is 4.74 Å². The molecule has 1 heterocycles. The summed E-state index contributed by atoms with van der Waals surface area (Å²) in [5.41, 5.74) is 0. The molecule has 0 saturated carbocycles. The molecule has 0 saturated heterocycles. The van der Waals surface area contributed by atoms with Crippen molar-refractivity contribution < 1.29 is 9.53 Å². The fraction of sp³-hybridized carbons (Fsp3) is 0.909. The molecule has 92 valence electrons. The molecule has 0 aromatic heterocycles. The number of ether oxygens (including phenoxy) is 1. The molecule has 1 atom stereocenters. The lowest BCUT2D eigenvalue weighted by molar-refractivity contribution is -0.118. The lowest BCUT2D eigenvalue weighted by Crippen LogP contribution is -2.24. The van der Waals surface area contributed by atoms with Crippen LogP contribution >= 0.6 is 0 Å². The number of nitrogens with zero attached hydrogens (tertiary/aromatic N) is 3. The molecule has 0 radical (unpaired) electrons. The van der Waals surface area contributed by atoms with Crippen LogP contribution in [0, 0.1) is 0 Å². The van der Waals surface area contributed by atoms with Gasteiger partial charge in [-0.2, -0.15) is 5.11 Å². The molecule has 0 aromatic rings. The summed E-state index contributed by atoms with van der Waals surface area (Å²) in [6.07, 6.45) is 3.05. The van der Waals surface area contributed by atoms with Crippen molar-refractivity contribution in [1.29, 1.82) is 0 Å². The molecule has 0 aliphatic carbocycles. The third-order valence-electron chi connectivity index (χ3n) is 2.50. The summed E-state index contributed by atoms with van der Waals surface area (Å²) in [7, 11) is 0. The van der Waals surface area contributed by atoms with Gasteiger partial charge in [0.05, 0.1) is 12.6 Å². The zero-order valence-electron chi connectivity index (χ0n) is 10.2. The van der Waals surface area contributed by atoms with Crippen molar-refractivity contribution in [2.45, 2.75) is 45.6 Å². The quantitative estimate of drug-likeness (QED) is 0.597. The Morgan fingerprint density at radius 2 is 2.31 bits per heavy atom. The van der Waals surface area contributed by atoms with Crippen molar-refractivity contribution in [3.8, 4) is 0 Å². The molecular formula is C11H21N3O2. The Kier molecular flexibility index (Phi) is 6.00. The van der Waals surface area contributed by atoms with E-state index < -0.39 is 0 Å². The normalized spacial score (nSPS) is 19.4. The molecule has 1 unspecified atom stereocenters. The molecule has 1 aliphatic rings. The van der Waals surface area contributed by atoms with E-state index in [2.05, 4.69) is 17.3 Å². The molecule has 0 aromatic carbocycles. The van der Waals surface area contributed by atoms with Gasteiger partial charge in [0.15, 0.2) is 0 Å². The van der Waals surface area contributed by atoms with Gasteiger partial charge in [-0.15, -0.1) is 0 Å². The van der Waals surface area contributed by atoms with Crippen molar-refractivity contribution in [2.75, 3.05) is 19.9 Å². The third kappa shape index (κ3) is 4.70. The fourth-order valence-corrected chi connectivity index (χ4v) is 1.51. The van der Waals surface area contributed by atoms with Crippen LogP contribution in [0.5, 0.6) is 0 Å². The molecule has 0 amide bonds. The first kappa shape index (κ1) is 13.1. The monoisotopic (exact) mass is 227 g/mol. The van der Waals surface area contributed by atoms with Crippen LogP contribution in [0.1, 0.15) is 39.5 Å². The highest BCUT2D eigenvalue weighted by molar-refractivity contribution is 5.77. The molecule has 5 heteroatoms. The second-order valence-corrected chi connectivity index (χ2v) is 4.02. The van der Waals surface area contributed by atoms with E-state index in [1.54, 1.807) is 0 Å². The van der Waals surface area contributed by atoms with Gasteiger partial charge in [0.25, 0.3) is 0 Å². The van der Waals surface area contributed by atoms with Crippen molar-refractivity contribution in [3.63, 3.8) is 0 Å². The summed E-state index contributed by atoms with van der Waals surface area (Å²) in [4.78, 5) is 11.2. The maximum Gasteiger partial charge on any atom is 0.136 e. The summed E-state index contributed by atoms with van der Waals surface area (Å²) in [5, 5.41) is 9.95. The summed E-state index contributed by atoms with van der Waals surface area (Å²) >= 11 is 0. The number of carbonyl (C=O) groups is 1. The molecule has 0 N–H and O–H groups in total. The summed E-state index contributed by atoms with van der Waals surface area (Å²) < 4.78 is 5.37. The Balaban J connectivity index is 2.11. The van der Waals surface area contributed by atoms with Gasteiger partial charge >= 0.3 is 0 Å². The standard InChI is InChI=1S/C11H21N3O2/c1-3-7-16-9-14-8-10(12-13-14)5-6-11(15)4-2/h10H,3-9H2,1-2H3. The van der Waals surface area contributed by atoms with Gasteiger partial charge in [-0.1, -0.05) is 19.1 Å². The molecular weight excluding hydrogens is 206 g/mol. The maximum absolute atomic E-state index is 11.2. The first-order chi connectivity index (χ1) is 7.76. The molecule has 1 aliphatic heterocycles. The van der Waals surface area contributed by atoms with Crippen LogP contribution < -0.4 is 0 Å². The van der Waals surface area contributed by atoms with Gasteiger partial charge in [-0.3, -0.25) is 9.80 Å². The number of ketones is 1. The SMILES string of the molecule is CCCOCN1CC(CCC(=O)CC)N=N1. The Labute approximate surface area is 96.8 Å². The van der Waals surface area contributed by atoms with Crippen molar-refractivity contribution >= 4 is 5.78 Å². The van der Waals surface area contributed by atoms with Crippen molar-refractivity contribution in [3.05, 3.63) is 0 Å². The van der Waals surface area contributed by atoms with E-state index in [1.165, 1.54) is 0 Å². The molecule has 1 rings (SSSR count). The van der Waals surface area contributed by atoms with Crippen molar-refractivity contribution in [2.24, 2.45) is 10.3 Å². The zero-order chi connectivity index (χ0) is 11.8. The van der Waals surface area contributed by atoms with Crippen molar-refractivity contribution in [1.82, 2.24) is 5.01 Å². The van der Waals surface area contributed by atoms with Crippen LogP contribution in [0.3, 0.4) is 0 Å².